The van der Waals surface area contributed by atoms with Crippen LogP contribution in [0, 0.1) is 6.92 Å². The molecule has 0 spiro atoms. The molecular formula is C20H23NOS. The first-order chi connectivity index (χ1) is 11.2. The number of thioether (sulfide) groups is 1. The Kier molecular flexibility index (Phi) is 5.06. The lowest BCUT2D eigenvalue weighted by Gasteiger charge is -2.33. The first-order valence-corrected chi connectivity index (χ1v) is 9.17. The van der Waals surface area contributed by atoms with Crippen LogP contribution in [0.2, 0.25) is 0 Å². The van der Waals surface area contributed by atoms with Crippen LogP contribution in [0.15, 0.2) is 53.4 Å². The Morgan fingerprint density at radius 2 is 1.91 bits per heavy atom. The van der Waals surface area contributed by atoms with E-state index in [0.717, 1.165) is 19.3 Å². The lowest BCUT2D eigenvalue weighted by Crippen LogP contribution is -2.34. The molecule has 0 radical (unpaired) electrons. The van der Waals surface area contributed by atoms with Crippen LogP contribution >= 0.6 is 11.8 Å². The highest BCUT2D eigenvalue weighted by Crippen LogP contribution is 2.34. The van der Waals surface area contributed by atoms with Gasteiger partial charge in [-0.15, -0.1) is 11.8 Å². The Morgan fingerprint density at radius 1 is 1.17 bits per heavy atom. The van der Waals surface area contributed by atoms with Crippen LogP contribution in [0.5, 0.6) is 0 Å². The summed E-state index contributed by atoms with van der Waals surface area (Å²) in [6.07, 6.45) is 3.35. The molecule has 0 aromatic heterocycles. The smallest absolute Gasteiger partial charge is 0.233 e. The Morgan fingerprint density at radius 3 is 2.74 bits per heavy atom. The van der Waals surface area contributed by atoms with E-state index in [1.54, 1.807) is 11.8 Å². The first-order valence-electron chi connectivity index (χ1n) is 8.18. The van der Waals surface area contributed by atoms with Gasteiger partial charge in [0, 0.05) is 11.9 Å². The third-order valence-electron chi connectivity index (χ3n) is 4.64. The monoisotopic (exact) mass is 325 g/mol. The summed E-state index contributed by atoms with van der Waals surface area (Å²) in [5.41, 5.74) is 3.96. The summed E-state index contributed by atoms with van der Waals surface area (Å²) in [4.78, 5) is 15.8. The minimum atomic E-state index is 0.208. The molecule has 0 bridgehead atoms. The molecule has 3 rings (SSSR count). The molecule has 23 heavy (non-hydrogen) atoms. The third kappa shape index (κ3) is 3.61. The fraction of sp³-hybridized carbons (Fsp3) is 0.350. The van der Waals surface area contributed by atoms with Crippen molar-refractivity contribution in [2.45, 2.75) is 37.1 Å². The van der Waals surface area contributed by atoms with E-state index in [-0.39, 0.29) is 11.9 Å². The molecule has 2 nitrogen and oxygen atoms in total. The summed E-state index contributed by atoms with van der Waals surface area (Å²) < 4.78 is 0. The maximum Gasteiger partial charge on any atom is 0.233 e. The highest BCUT2D eigenvalue weighted by Gasteiger charge is 2.26. The van der Waals surface area contributed by atoms with Crippen LogP contribution in [0.4, 0.5) is 0 Å². The number of carbonyl (C=O) groups is 1. The number of carbonyl (C=O) groups excluding carboxylic acids is 1. The number of amides is 1. The molecule has 1 aliphatic rings. The van der Waals surface area contributed by atoms with E-state index < -0.39 is 0 Å². The number of benzene rings is 2. The van der Waals surface area contributed by atoms with Gasteiger partial charge in [-0.2, -0.15) is 0 Å². The molecule has 1 unspecified atom stereocenters. The number of fused-ring (bicyclic) bond motifs is 1. The average molecular weight is 325 g/mol. The lowest BCUT2D eigenvalue weighted by atomic mass is 9.87. The maximum absolute atomic E-state index is 12.6. The molecule has 0 N–H and O–H groups in total. The van der Waals surface area contributed by atoms with Gasteiger partial charge < -0.3 is 4.90 Å². The van der Waals surface area contributed by atoms with Gasteiger partial charge in [0.2, 0.25) is 5.91 Å². The van der Waals surface area contributed by atoms with Gasteiger partial charge in [-0.3, -0.25) is 4.79 Å². The van der Waals surface area contributed by atoms with Gasteiger partial charge >= 0.3 is 0 Å². The molecule has 3 heteroatoms. The standard InChI is InChI=1S/C20H23NOS/c1-15-8-3-6-13-19(15)23-14-20(22)21(2)18-12-7-10-16-9-4-5-11-17(16)18/h3-6,8-9,11,13,18H,7,10,12,14H2,1-2H3. The number of hydrogen-bond donors (Lipinski definition) is 0. The highest BCUT2D eigenvalue weighted by atomic mass is 32.2. The summed E-state index contributed by atoms with van der Waals surface area (Å²) in [7, 11) is 1.95. The summed E-state index contributed by atoms with van der Waals surface area (Å²) in [6.45, 7) is 2.09. The van der Waals surface area contributed by atoms with Gasteiger partial charge in [0.25, 0.3) is 0 Å². The minimum absolute atomic E-state index is 0.208. The predicted octanol–water partition coefficient (Wildman–Crippen LogP) is 4.62. The fourth-order valence-electron chi connectivity index (χ4n) is 3.26. The molecule has 0 fully saturated rings. The molecule has 0 aliphatic heterocycles. The van der Waals surface area contributed by atoms with E-state index in [1.165, 1.54) is 21.6 Å². The molecule has 0 saturated heterocycles. The number of aryl methyl sites for hydroxylation is 2. The number of rotatable bonds is 4. The van der Waals surface area contributed by atoms with Crippen molar-refractivity contribution in [2.24, 2.45) is 0 Å². The van der Waals surface area contributed by atoms with Crippen molar-refractivity contribution < 1.29 is 4.79 Å². The zero-order valence-electron chi connectivity index (χ0n) is 13.8. The van der Waals surface area contributed by atoms with Crippen molar-refractivity contribution in [1.29, 1.82) is 0 Å². The predicted molar refractivity (Wildman–Crippen MR) is 96.8 cm³/mol. The number of hydrogen-bond acceptors (Lipinski definition) is 2. The van der Waals surface area contributed by atoms with Gasteiger partial charge in [0.15, 0.2) is 0 Å². The molecule has 120 valence electrons. The highest BCUT2D eigenvalue weighted by molar-refractivity contribution is 8.00. The van der Waals surface area contributed by atoms with Crippen molar-refractivity contribution in [1.82, 2.24) is 4.90 Å². The van der Waals surface area contributed by atoms with Crippen LogP contribution in [-0.2, 0) is 11.2 Å². The Bertz CT molecular complexity index is 698. The summed E-state index contributed by atoms with van der Waals surface area (Å²) >= 11 is 1.64. The topological polar surface area (TPSA) is 20.3 Å². The minimum Gasteiger partial charge on any atom is -0.338 e. The van der Waals surface area contributed by atoms with Crippen molar-refractivity contribution >= 4 is 17.7 Å². The second-order valence-corrected chi connectivity index (χ2v) is 7.18. The normalized spacial score (nSPS) is 16.7. The van der Waals surface area contributed by atoms with Crippen molar-refractivity contribution in [3.63, 3.8) is 0 Å². The SMILES string of the molecule is Cc1ccccc1SCC(=O)N(C)C1CCCc2ccccc21. The van der Waals surface area contributed by atoms with Crippen LogP contribution in [0.25, 0.3) is 0 Å². The van der Waals surface area contributed by atoms with Crippen LogP contribution in [-0.4, -0.2) is 23.6 Å². The van der Waals surface area contributed by atoms with Crippen molar-refractivity contribution in [3.05, 3.63) is 65.2 Å². The zero-order valence-corrected chi connectivity index (χ0v) is 14.6. The second-order valence-electron chi connectivity index (χ2n) is 6.17. The summed E-state index contributed by atoms with van der Waals surface area (Å²) in [5.74, 6) is 0.708. The molecule has 0 saturated carbocycles. The Labute approximate surface area is 142 Å². The molecule has 2 aromatic rings. The molecule has 1 aliphatic carbocycles. The first kappa shape index (κ1) is 16.1. The van der Waals surface area contributed by atoms with Crippen molar-refractivity contribution in [3.8, 4) is 0 Å². The molecule has 1 amide bonds. The van der Waals surface area contributed by atoms with Crippen molar-refractivity contribution in [2.75, 3.05) is 12.8 Å². The molecular weight excluding hydrogens is 302 g/mol. The van der Waals surface area contributed by atoms with E-state index in [2.05, 4.69) is 43.3 Å². The van der Waals surface area contributed by atoms with E-state index in [1.807, 2.05) is 24.1 Å². The van der Waals surface area contributed by atoms with Gasteiger partial charge in [-0.05, 0) is 48.9 Å². The molecule has 2 aromatic carbocycles. The summed E-state index contributed by atoms with van der Waals surface area (Å²) in [6, 6.07) is 17.0. The molecule has 1 atom stereocenters. The maximum atomic E-state index is 12.6. The van der Waals surface area contributed by atoms with Crippen LogP contribution < -0.4 is 0 Å². The van der Waals surface area contributed by atoms with Gasteiger partial charge in [-0.25, -0.2) is 0 Å². The van der Waals surface area contributed by atoms with Gasteiger partial charge in [0.05, 0.1) is 11.8 Å². The van der Waals surface area contributed by atoms with Gasteiger partial charge in [-0.1, -0.05) is 42.5 Å². The largest absolute Gasteiger partial charge is 0.338 e. The fourth-order valence-corrected chi connectivity index (χ4v) is 4.22. The lowest BCUT2D eigenvalue weighted by molar-refractivity contribution is -0.129. The quantitative estimate of drug-likeness (QED) is 0.764. The zero-order chi connectivity index (χ0) is 16.2. The van der Waals surface area contributed by atoms with E-state index in [9.17, 15) is 4.79 Å². The van der Waals surface area contributed by atoms with E-state index in [0.29, 0.717) is 5.75 Å². The average Bonchev–Trinajstić information content (AvgIpc) is 2.59. The van der Waals surface area contributed by atoms with Crippen LogP contribution in [0.1, 0.15) is 35.6 Å². The van der Waals surface area contributed by atoms with Gasteiger partial charge in [0.1, 0.15) is 0 Å². The Balaban J connectivity index is 1.68. The Hall–Kier alpha value is -1.74. The molecule has 0 heterocycles. The number of nitrogens with zero attached hydrogens (tertiary/aromatic N) is 1. The second kappa shape index (κ2) is 7.22. The van der Waals surface area contributed by atoms with E-state index >= 15 is 0 Å². The van der Waals surface area contributed by atoms with E-state index in [4.69, 9.17) is 0 Å². The van der Waals surface area contributed by atoms with Crippen LogP contribution in [0.3, 0.4) is 0 Å². The summed E-state index contributed by atoms with van der Waals surface area (Å²) in [5, 5.41) is 0. The third-order valence-corrected chi connectivity index (χ3v) is 5.80.